The van der Waals surface area contributed by atoms with Gasteiger partial charge >= 0.3 is 0 Å². The molecule has 0 bridgehead atoms. The van der Waals surface area contributed by atoms with E-state index in [0.717, 1.165) is 57.5 Å². The first-order valence-corrected chi connectivity index (χ1v) is 9.97. The minimum atomic E-state index is -0.0283. The second-order valence-electron chi connectivity index (χ2n) is 6.66. The third-order valence-electron chi connectivity index (χ3n) is 4.94. The van der Waals surface area contributed by atoms with Crippen molar-refractivity contribution in [2.24, 2.45) is 0 Å². The lowest BCUT2D eigenvalue weighted by Crippen LogP contribution is -2.41. The molecule has 0 aliphatic carbocycles. The molecule has 0 radical (unpaired) electrons. The normalized spacial score (nSPS) is 17.8. The predicted molar refractivity (Wildman–Crippen MR) is 103 cm³/mol. The lowest BCUT2D eigenvalue weighted by Gasteiger charge is -2.28. The summed E-state index contributed by atoms with van der Waals surface area (Å²) in [7, 11) is 0. The van der Waals surface area contributed by atoms with Crippen LogP contribution < -0.4 is 10.2 Å². The van der Waals surface area contributed by atoms with E-state index in [0.29, 0.717) is 11.4 Å². The number of carbonyl (C=O) groups excluding carboxylic acids is 1. The molecule has 1 fully saturated rings. The summed E-state index contributed by atoms with van der Waals surface area (Å²) in [5.74, 6) is -0.0283. The molecule has 6 nitrogen and oxygen atoms in total. The molecule has 0 atom stereocenters. The van der Waals surface area contributed by atoms with Crippen LogP contribution in [0.4, 0.5) is 5.13 Å². The summed E-state index contributed by atoms with van der Waals surface area (Å²) in [4.78, 5) is 22.1. The van der Waals surface area contributed by atoms with Crippen molar-refractivity contribution in [3.8, 4) is 0 Å². The van der Waals surface area contributed by atoms with Crippen molar-refractivity contribution in [2.75, 3.05) is 50.8 Å². The molecule has 1 amide bonds. The van der Waals surface area contributed by atoms with Gasteiger partial charge in [-0.05, 0) is 17.5 Å². The van der Waals surface area contributed by atoms with Crippen molar-refractivity contribution >= 4 is 22.4 Å². The number of benzene rings is 1. The Balaban J connectivity index is 1.30. The summed E-state index contributed by atoms with van der Waals surface area (Å²) in [5, 5.41) is 3.94. The molecule has 3 heterocycles. The number of aromatic nitrogens is 1. The topological polar surface area (TPSA) is 57.7 Å². The molecular weight excluding hydrogens is 348 g/mol. The van der Waals surface area contributed by atoms with Crippen molar-refractivity contribution in [1.82, 2.24) is 15.2 Å². The summed E-state index contributed by atoms with van der Waals surface area (Å²) < 4.78 is 5.34. The van der Waals surface area contributed by atoms with Gasteiger partial charge in [0.1, 0.15) is 4.88 Å². The van der Waals surface area contributed by atoms with Gasteiger partial charge in [-0.1, -0.05) is 35.6 Å². The van der Waals surface area contributed by atoms with E-state index < -0.39 is 0 Å². The Hall–Kier alpha value is -1.96. The quantitative estimate of drug-likeness (QED) is 0.867. The molecule has 1 aromatic heterocycles. The van der Waals surface area contributed by atoms with Gasteiger partial charge in [0.25, 0.3) is 5.91 Å². The highest BCUT2D eigenvalue weighted by molar-refractivity contribution is 7.17. The Morgan fingerprint density at radius 1 is 1.19 bits per heavy atom. The van der Waals surface area contributed by atoms with Crippen LogP contribution in [0.25, 0.3) is 0 Å². The van der Waals surface area contributed by atoms with Crippen LogP contribution in [0.3, 0.4) is 0 Å². The third kappa shape index (κ3) is 4.06. The number of anilines is 1. The van der Waals surface area contributed by atoms with Crippen LogP contribution in [0.2, 0.25) is 0 Å². The molecule has 0 unspecified atom stereocenters. The predicted octanol–water partition coefficient (Wildman–Crippen LogP) is 1.77. The zero-order chi connectivity index (χ0) is 17.8. The molecule has 1 N–H and O–H groups in total. The molecular formula is C19H24N4O2S. The number of nitrogens with zero attached hydrogens (tertiary/aromatic N) is 3. The number of morpholine rings is 1. The van der Waals surface area contributed by atoms with Crippen molar-refractivity contribution in [3.63, 3.8) is 0 Å². The van der Waals surface area contributed by atoms with Gasteiger partial charge in [-0.15, -0.1) is 0 Å². The number of fused-ring (bicyclic) bond motifs is 1. The van der Waals surface area contributed by atoms with Gasteiger partial charge < -0.3 is 15.0 Å². The molecule has 2 aliphatic heterocycles. The number of carbonyl (C=O) groups is 1. The first kappa shape index (κ1) is 17.5. The van der Waals surface area contributed by atoms with Gasteiger partial charge in [0.05, 0.1) is 19.4 Å². The maximum Gasteiger partial charge on any atom is 0.263 e. The second-order valence-corrected chi connectivity index (χ2v) is 7.67. The van der Waals surface area contributed by atoms with Crippen LogP contribution in [0.1, 0.15) is 20.8 Å². The lowest BCUT2D eigenvalue weighted by atomic mass is 10.0. The Kier molecular flexibility index (Phi) is 5.48. The first-order chi connectivity index (χ1) is 12.8. The van der Waals surface area contributed by atoms with E-state index in [4.69, 9.17) is 4.74 Å². The number of ether oxygens (including phenoxy) is 1. The van der Waals surface area contributed by atoms with Crippen molar-refractivity contribution in [1.29, 1.82) is 0 Å². The summed E-state index contributed by atoms with van der Waals surface area (Å²) >= 11 is 1.48. The smallest absolute Gasteiger partial charge is 0.263 e. The molecule has 1 aromatic carbocycles. The fraction of sp³-hybridized carbons (Fsp3) is 0.474. The standard InChI is InChI=1S/C19H24N4O2S/c24-18(20-6-8-22-9-11-25-12-10-22)17-13-21-19(26-17)23-7-5-15-3-1-2-4-16(15)14-23/h1-4,13H,5-12,14H2,(H,20,24). The Morgan fingerprint density at radius 3 is 2.85 bits per heavy atom. The average Bonchev–Trinajstić information content (AvgIpc) is 3.19. The summed E-state index contributed by atoms with van der Waals surface area (Å²) in [6.45, 7) is 6.78. The van der Waals surface area contributed by atoms with Gasteiger partial charge in [-0.3, -0.25) is 9.69 Å². The highest BCUT2D eigenvalue weighted by Gasteiger charge is 2.20. The van der Waals surface area contributed by atoms with E-state index in [2.05, 4.69) is 44.4 Å². The zero-order valence-electron chi connectivity index (χ0n) is 14.8. The van der Waals surface area contributed by atoms with E-state index >= 15 is 0 Å². The largest absolute Gasteiger partial charge is 0.379 e. The van der Waals surface area contributed by atoms with E-state index in [9.17, 15) is 4.79 Å². The number of nitrogens with one attached hydrogen (secondary N) is 1. The van der Waals surface area contributed by atoms with E-state index in [1.807, 2.05) is 0 Å². The molecule has 0 spiro atoms. The van der Waals surface area contributed by atoms with Gasteiger partial charge in [0, 0.05) is 39.3 Å². The highest BCUT2D eigenvalue weighted by Crippen LogP contribution is 2.28. The van der Waals surface area contributed by atoms with Crippen LogP contribution >= 0.6 is 11.3 Å². The third-order valence-corrected chi connectivity index (χ3v) is 5.99. The molecule has 0 saturated carbocycles. The van der Waals surface area contributed by atoms with E-state index in [-0.39, 0.29) is 5.91 Å². The summed E-state index contributed by atoms with van der Waals surface area (Å²) in [6.07, 6.45) is 2.72. The van der Waals surface area contributed by atoms with Crippen LogP contribution in [-0.2, 0) is 17.7 Å². The van der Waals surface area contributed by atoms with Crippen molar-refractivity contribution in [3.05, 3.63) is 46.5 Å². The molecule has 1 saturated heterocycles. The Labute approximate surface area is 157 Å². The average molecular weight is 372 g/mol. The Bertz CT molecular complexity index is 758. The maximum absolute atomic E-state index is 12.4. The highest BCUT2D eigenvalue weighted by atomic mass is 32.1. The number of thiazole rings is 1. The van der Waals surface area contributed by atoms with Crippen LogP contribution in [0, 0.1) is 0 Å². The first-order valence-electron chi connectivity index (χ1n) is 9.15. The minimum absolute atomic E-state index is 0.0283. The number of hydrogen-bond donors (Lipinski definition) is 1. The summed E-state index contributed by atoms with van der Waals surface area (Å²) in [6, 6.07) is 8.55. The molecule has 7 heteroatoms. The fourth-order valence-corrected chi connectivity index (χ4v) is 4.27. The van der Waals surface area contributed by atoms with Crippen molar-refractivity contribution in [2.45, 2.75) is 13.0 Å². The van der Waals surface area contributed by atoms with Crippen molar-refractivity contribution < 1.29 is 9.53 Å². The van der Waals surface area contributed by atoms with Gasteiger partial charge in [0.2, 0.25) is 0 Å². The molecule has 138 valence electrons. The monoisotopic (exact) mass is 372 g/mol. The number of amides is 1. The molecule has 4 rings (SSSR count). The molecule has 2 aliphatic rings. The minimum Gasteiger partial charge on any atom is -0.379 e. The Morgan fingerprint density at radius 2 is 2.00 bits per heavy atom. The fourth-order valence-electron chi connectivity index (χ4n) is 3.41. The second kappa shape index (κ2) is 8.16. The molecule has 2 aromatic rings. The van der Waals surface area contributed by atoms with Crippen LogP contribution in [0.5, 0.6) is 0 Å². The zero-order valence-corrected chi connectivity index (χ0v) is 15.6. The molecule has 26 heavy (non-hydrogen) atoms. The van der Waals surface area contributed by atoms with Gasteiger partial charge in [-0.2, -0.15) is 0 Å². The van der Waals surface area contributed by atoms with Crippen LogP contribution in [-0.4, -0.2) is 61.7 Å². The lowest BCUT2D eigenvalue weighted by molar-refractivity contribution is 0.0383. The van der Waals surface area contributed by atoms with E-state index in [1.165, 1.54) is 22.5 Å². The number of hydrogen-bond acceptors (Lipinski definition) is 6. The van der Waals surface area contributed by atoms with Gasteiger partial charge in [-0.25, -0.2) is 4.98 Å². The SMILES string of the molecule is O=C(NCCN1CCOCC1)c1cnc(N2CCc3ccccc3C2)s1. The van der Waals surface area contributed by atoms with Crippen LogP contribution in [0.15, 0.2) is 30.5 Å². The van der Waals surface area contributed by atoms with Gasteiger partial charge in [0.15, 0.2) is 5.13 Å². The van der Waals surface area contributed by atoms with E-state index in [1.54, 1.807) is 6.20 Å². The summed E-state index contributed by atoms with van der Waals surface area (Å²) in [5.41, 5.74) is 2.77. The maximum atomic E-state index is 12.4. The number of rotatable bonds is 5.